The van der Waals surface area contributed by atoms with Crippen LogP contribution in [0.15, 0.2) is 35.8 Å². The second-order valence-corrected chi connectivity index (χ2v) is 6.06. The molecule has 0 spiro atoms. The first kappa shape index (κ1) is 19.1. The number of nitrogens with zero attached hydrogens (tertiary/aromatic N) is 1. The summed E-state index contributed by atoms with van der Waals surface area (Å²) in [6, 6.07) is 5.37. The minimum Gasteiger partial charge on any atom is -0.490 e. The molecule has 25 heavy (non-hydrogen) atoms. The Bertz CT molecular complexity index is 686. The molecule has 2 amide bonds. The molecular weight excluding hydrogens is 342 g/mol. The largest absolute Gasteiger partial charge is 0.490 e. The fraction of sp³-hybridized carbons (Fsp3) is 0.333. The molecule has 6 nitrogen and oxygen atoms in total. The number of ether oxygens (including phenoxy) is 3. The number of rotatable bonds is 9. The number of carbonyl (C=O) groups is 2. The van der Waals surface area contributed by atoms with Gasteiger partial charge in [-0.2, -0.15) is 0 Å². The molecule has 1 saturated heterocycles. The maximum Gasteiger partial charge on any atom is 0.293 e. The van der Waals surface area contributed by atoms with Crippen LogP contribution in [-0.4, -0.2) is 49.5 Å². The summed E-state index contributed by atoms with van der Waals surface area (Å²) in [6.45, 7) is 6.92. The van der Waals surface area contributed by atoms with Crippen LogP contribution in [0.2, 0.25) is 0 Å². The highest BCUT2D eigenvalue weighted by Crippen LogP contribution is 2.34. The highest BCUT2D eigenvalue weighted by Gasteiger charge is 2.34. The van der Waals surface area contributed by atoms with E-state index in [1.54, 1.807) is 24.3 Å². The lowest BCUT2D eigenvalue weighted by molar-refractivity contribution is -0.123. The molecule has 1 aliphatic heterocycles. The molecule has 1 fully saturated rings. The summed E-state index contributed by atoms with van der Waals surface area (Å²) >= 11 is 0.922. The standard InChI is InChI=1S/C18H21NO5S/c1-4-9-24-14-7-6-13(11-15(14)23-5-2)12-16-17(20)19(8-10-22-3)18(21)25-16/h4,6-7,11-12H,1,5,8-10H2,2-3H3/b16-12+. The fourth-order valence-electron chi connectivity index (χ4n) is 2.18. The van der Waals surface area contributed by atoms with Crippen LogP contribution in [0.1, 0.15) is 12.5 Å². The summed E-state index contributed by atoms with van der Waals surface area (Å²) in [5.41, 5.74) is 0.756. The second kappa shape index (κ2) is 9.29. The highest BCUT2D eigenvalue weighted by atomic mass is 32.2. The third kappa shape index (κ3) is 4.87. The van der Waals surface area contributed by atoms with E-state index in [9.17, 15) is 9.59 Å². The van der Waals surface area contributed by atoms with Crippen molar-refractivity contribution < 1.29 is 23.8 Å². The molecule has 134 valence electrons. The summed E-state index contributed by atoms with van der Waals surface area (Å²) in [5.74, 6) is 0.876. The Balaban J connectivity index is 2.22. The monoisotopic (exact) mass is 363 g/mol. The number of hydrogen-bond donors (Lipinski definition) is 0. The molecule has 1 aromatic rings. The Morgan fingerprint density at radius 2 is 2.04 bits per heavy atom. The normalized spacial score (nSPS) is 15.8. The van der Waals surface area contributed by atoms with Gasteiger partial charge in [-0.25, -0.2) is 0 Å². The van der Waals surface area contributed by atoms with Crippen LogP contribution in [0.4, 0.5) is 4.79 Å². The molecule has 0 radical (unpaired) electrons. The zero-order valence-electron chi connectivity index (χ0n) is 14.3. The van der Waals surface area contributed by atoms with Gasteiger partial charge in [0.2, 0.25) is 0 Å². The lowest BCUT2D eigenvalue weighted by atomic mass is 10.2. The maximum atomic E-state index is 12.3. The summed E-state index contributed by atoms with van der Waals surface area (Å²) in [7, 11) is 1.53. The van der Waals surface area contributed by atoms with Crippen molar-refractivity contribution in [3.8, 4) is 11.5 Å². The Kier molecular flexibility index (Phi) is 7.09. The average Bonchev–Trinajstić information content (AvgIpc) is 2.86. The molecule has 0 aromatic heterocycles. The number of amides is 2. The lowest BCUT2D eigenvalue weighted by Gasteiger charge is -2.12. The predicted octanol–water partition coefficient (Wildman–Crippen LogP) is 3.33. The van der Waals surface area contributed by atoms with Gasteiger partial charge in [-0.05, 0) is 42.5 Å². The van der Waals surface area contributed by atoms with Gasteiger partial charge in [0, 0.05) is 7.11 Å². The number of hydrogen-bond acceptors (Lipinski definition) is 6. The van der Waals surface area contributed by atoms with Gasteiger partial charge in [-0.1, -0.05) is 18.7 Å². The van der Waals surface area contributed by atoms with Crippen LogP contribution in [0.3, 0.4) is 0 Å². The molecule has 0 saturated carbocycles. The Hall–Kier alpha value is -2.25. The van der Waals surface area contributed by atoms with E-state index in [1.165, 1.54) is 12.0 Å². The summed E-state index contributed by atoms with van der Waals surface area (Å²) in [6.07, 6.45) is 3.33. The van der Waals surface area contributed by atoms with Crippen molar-refractivity contribution in [1.29, 1.82) is 0 Å². The van der Waals surface area contributed by atoms with Crippen LogP contribution < -0.4 is 9.47 Å². The van der Waals surface area contributed by atoms with Crippen molar-refractivity contribution in [2.45, 2.75) is 6.92 Å². The fourth-order valence-corrected chi connectivity index (χ4v) is 3.04. The molecule has 1 aromatic carbocycles. The van der Waals surface area contributed by atoms with E-state index in [0.717, 1.165) is 17.3 Å². The molecular formula is C18H21NO5S. The number of carbonyl (C=O) groups excluding carboxylic acids is 2. The van der Waals surface area contributed by atoms with Crippen molar-refractivity contribution in [3.63, 3.8) is 0 Å². The number of imide groups is 1. The summed E-state index contributed by atoms with van der Waals surface area (Å²) in [5, 5.41) is -0.288. The molecule has 0 N–H and O–H groups in total. The van der Waals surface area contributed by atoms with E-state index in [4.69, 9.17) is 14.2 Å². The Morgan fingerprint density at radius 3 is 2.72 bits per heavy atom. The summed E-state index contributed by atoms with van der Waals surface area (Å²) in [4.78, 5) is 25.9. The number of benzene rings is 1. The van der Waals surface area contributed by atoms with Crippen molar-refractivity contribution in [1.82, 2.24) is 4.90 Å². The molecule has 0 atom stereocenters. The van der Waals surface area contributed by atoms with Gasteiger partial charge in [-0.3, -0.25) is 14.5 Å². The van der Waals surface area contributed by atoms with Gasteiger partial charge < -0.3 is 14.2 Å². The third-order valence-corrected chi connectivity index (χ3v) is 4.22. The zero-order valence-corrected chi connectivity index (χ0v) is 15.1. The molecule has 0 aliphatic carbocycles. The third-order valence-electron chi connectivity index (χ3n) is 3.31. The molecule has 0 bridgehead atoms. The van der Waals surface area contributed by atoms with Gasteiger partial charge in [0.1, 0.15) is 6.61 Å². The first-order valence-corrected chi connectivity index (χ1v) is 8.67. The first-order chi connectivity index (χ1) is 12.1. The van der Waals surface area contributed by atoms with Gasteiger partial charge in [0.15, 0.2) is 11.5 Å². The number of methoxy groups -OCH3 is 1. The lowest BCUT2D eigenvalue weighted by Crippen LogP contribution is -2.31. The van der Waals surface area contributed by atoms with Gasteiger partial charge in [0.05, 0.1) is 24.7 Å². The molecule has 2 rings (SSSR count). The van der Waals surface area contributed by atoms with Crippen LogP contribution >= 0.6 is 11.8 Å². The smallest absolute Gasteiger partial charge is 0.293 e. The second-order valence-electron chi connectivity index (χ2n) is 5.07. The van der Waals surface area contributed by atoms with E-state index >= 15 is 0 Å². The van der Waals surface area contributed by atoms with Crippen molar-refractivity contribution >= 4 is 29.0 Å². The highest BCUT2D eigenvalue weighted by molar-refractivity contribution is 8.18. The van der Waals surface area contributed by atoms with Gasteiger partial charge in [0.25, 0.3) is 11.1 Å². The van der Waals surface area contributed by atoms with E-state index in [2.05, 4.69) is 6.58 Å². The van der Waals surface area contributed by atoms with E-state index < -0.39 is 0 Å². The van der Waals surface area contributed by atoms with Gasteiger partial charge >= 0.3 is 0 Å². The number of thioether (sulfide) groups is 1. The Morgan fingerprint density at radius 1 is 1.24 bits per heavy atom. The SMILES string of the molecule is C=CCOc1ccc(/C=C2/SC(=O)N(CCOC)C2=O)cc1OCC. The minimum atomic E-state index is -0.308. The Labute approximate surface area is 151 Å². The molecule has 0 unspecified atom stereocenters. The average molecular weight is 363 g/mol. The van der Waals surface area contributed by atoms with Crippen molar-refractivity contribution in [2.75, 3.05) is 33.5 Å². The van der Waals surface area contributed by atoms with Crippen LogP contribution in [0.25, 0.3) is 6.08 Å². The topological polar surface area (TPSA) is 65.1 Å². The minimum absolute atomic E-state index is 0.247. The zero-order chi connectivity index (χ0) is 18.2. The predicted molar refractivity (Wildman–Crippen MR) is 97.9 cm³/mol. The maximum absolute atomic E-state index is 12.3. The van der Waals surface area contributed by atoms with Crippen LogP contribution in [0, 0.1) is 0 Å². The van der Waals surface area contributed by atoms with E-state index in [-0.39, 0.29) is 17.7 Å². The molecule has 1 aliphatic rings. The summed E-state index contributed by atoms with van der Waals surface area (Å²) < 4.78 is 16.1. The van der Waals surface area contributed by atoms with E-state index in [1.807, 2.05) is 13.0 Å². The van der Waals surface area contributed by atoms with Crippen LogP contribution in [-0.2, 0) is 9.53 Å². The quantitative estimate of drug-likeness (QED) is 0.495. The van der Waals surface area contributed by atoms with Crippen molar-refractivity contribution in [2.24, 2.45) is 0 Å². The molecule has 1 heterocycles. The van der Waals surface area contributed by atoms with Crippen molar-refractivity contribution in [3.05, 3.63) is 41.3 Å². The molecule has 7 heteroatoms. The first-order valence-electron chi connectivity index (χ1n) is 7.85. The van der Waals surface area contributed by atoms with E-state index in [0.29, 0.717) is 36.2 Å². The van der Waals surface area contributed by atoms with Gasteiger partial charge in [-0.15, -0.1) is 0 Å². The van der Waals surface area contributed by atoms with Crippen LogP contribution in [0.5, 0.6) is 11.5 Å².